The molecule has 1 N–H and O–H groups in total. The van der Waals surface area contributed by atoms with Crippen LogP contribution in [0, 0.1) is 11.6 Å². The molecule has 0 aliphatic heterocycles. The molecule has 0 atom stereocenters. The lowest BCUT2D eigenvalue weighted by molar-refractivity contribution is -0.142. The molecule has 16 heavy (non-hydrogen) atoms. The third-order valence-corrected chi connectivity index (χ3v) is 1.83. The lowest BCUT2D eigenvalue weighted by Crippen LogP contribution is -2.24. The molecule has 0 aliphatic rings. The summed E-state index contributed by atoms with van der Waals surface area (Å²) in [6.45, 7) is 2.26. The highest BCUT2D eigenvalue weighted by Crippen LogP contribution is 2.07. The van der Waals surface area contributed by atoms with Crippen molar-refractivity contribution < 1.29 is 18.3 Å². The van der Waals surface area contributed by atoms with Crippen LogP contribution in [0.5, 0.6) is 0 Å². The minimum atomic E-state index is -0.632. The van der Waals surface area contributed by atoms with E-state index in [2.05, 4.69) is 10.1 Å². The Kier molecular flexibility index (Phi) is 4.85. The summed E-state index contributed by atoms with van der Waals surface area (Å²) < 4.78 is 30.2. The number of hydrogen-bond donors (Lipinski definition) is 1. The summed E-state index contributed by atoms with van der Waals surface area (Å²) in [7, 11) is 0. The Balaban J connectivity index is 2.40. The van der Waals surface area contributed by atoms with Gasteiger partial charge in [0.15, 0.2) is 0 Å². The van der Waals surface area contributed by atoms with Gasteiger partial charge in [-0.3, -0.25) is 4.79 Å². The normalized spacial score (nSPS) is 10.2. The van der Waals surface area contributed by atoms with Crippen molar-refractivity contribution in [1.29, 1.82) is 0 Å². The average Bonchev–Trinajstić information content (AvgIpc) is 2.16. The van der Waals surface area contributed by atoms with E-state index >= 15 is 0 Å². The van der Waals surface area contributed by atoms with E-state index in [9.17, 15) is 13.6 Å². The summed E-state index contributed by atoms with van der Waals surface area (Å²) in [6.07, 6.45) is 0. The summed E-state index contributed by atoms with van der Waals surface area (Å²) in [6, 6.07) is 3.22. The van der Waals surface area contributed by atoms with E-state index in [4.69, 9.17) is 0 Å². The largest absolute Gasteiger partial charge is 0.465 e. The fourth-order valence-corrected chi connectivity index (χ4v) is 1.23. The molecule has 0 bridgehead atoms. The number of rotatable bonds is 5. The van der Waals surface area contributed by atoms with Crippen molar-refractivity contribution in [3.05, 3.63) is 35.4 Å². The van der Waals surface area contributed by atoms with Crippen LogP contribution in [0.2, 0.25) is 0 Å². The van der Waals surface area contributed by atoms with Crippen LogP contribution in [-0.4, -0.2) is 19.1 Å². The molecule has 5 heteroatoms. The van der Waals surface area contributed by atoms with Gasteiger partial charge in [-0.15, -0.1) is 0 Å². The van der Waals surface area contributed by atoms with E-state index in [1.165, 1.54) is 12.1 Å². The summed E-state index contributed by atoms with van der Waals surface area (Å²) in [5.41, 5.74) is 0.446. The van der Waals surface area contributed by atoms with Gasteiger partial charge in [0.25, 0.3) is 0 Å². The lowest BCUT2D eigenvalue weighted by atomic mass is 10.2. The molecule has 88 valence electrons. The van der Waals surface area contributed by atoms with E-state index in [1.54, 1.807) is 6.92 Å². The number of hydrogen-bond acceptors (Lipinski definition) is 3. The minimum Gasteiger partial charge on any atom is -0.465 e. The van der Waals surface area contributed by atoms with E-state index < -0.39 is 11.6 Å². The number of carbonyl (C=O) groups excluding carboxylic acids is 1. The number of esters is 1. The van der Waals surface area contributed by atoms with Crippen molar-refractivity contribution in [2.24, 2.45) is 0 Å². The Labute approximate surface area is 92.4 Å². The van der Waals surface area contributed by atoms with E-state index in [0.29, 0.717) is 12.2 Å². The molecule has 1 rings (SSSR count). The molecule has 0 fully saturated rings. The molecule has 0 amide bonds. The molecule has 0 aromatic heterocycles. The standard InChI is InChI=1S/C11H13F2NO2/c1-2-16-11(15)7-14-6-8-3-9(12)5-10(13)4-8/h3-5,14H,2,6-7H2,1H3. The second kappa shape index (κ2) is 6.17. The molecule has 0 unspecified atom stereocenters. The first-order valence-corrected chi connectivity index (χ1v) is 4.93. The Morgan fingerprint density at radius 3 is 2.50 bits per heavy atom. The van der Waals surface area contributed by atoms with Crippen molar-refractivity contribution in [3.63, 3.8) is 0 Å². The zero-order chi connectivity index (χ0) is 12.0. The minimum absolute atomic E-state index is 0.0198. The van der Waals surface area contributed by atoms with E-state index in [-0.39, 0.29) is 19.1 Å². The van der Waals surface area contributed by atoms with Crippen LogP contribution < -0.4 is 5.32 Å². The van der Waals surface area contributed by atoms with Crippen molar-refractivity contribution in [1.82, 2.24) is 5.32 Å². The lowest BCUT2D eigenvalue weighted by Gasteiger charge is -2.05. The highest BCUT2D eigenvalue weighted by molar-refractivity contribution is 5.71. The Hall–Kier alpha value is -1.49. The maximum atomic E-state index is 12.8. The van der Waals surface area contributed by atoms with Gasteiger partial charge in [0.1, 0.15) is 11.6 Å². The van der Waals surface area contributed by atoms with Gasteiger partial charge in [-0.25, -0.2) is 8.78 Å². The van der Waals surface area contributed by atoms with Gasteiger partial charge < -0.3 is 10.1 Å². The monoisotopic (exact) mass is 229 g/mol. The number of benzene rings is 1. The zero-order valence-corrected chi connectivity index (χ0v) is 8.93. The Morgan fingerprint density at radius 1 is 1.31 bits per heavy atom. The van der Waals surface area contributed by atoms with Gasteiger partial charge in [-0.2, -0.15) is 0 Å². The second-order valence-electron chi connectivity index (χ2n) is 3.19. The topological polar surface area (TPSA) is 38.3 Å². The number of nitrogens with one attached hydrogen (secondary N) is 1. The summed E-state index contributed by atoms with van der Waals surface area (Å²) >= 11 is 0. The third kappa shape index (κ3) is 4.35. The molecule has 0 heterocycles. The molecule has 0 spiro atoms. The molecule has 0 saturated heterocycles. The molecule has 0 aliphatic carbocycles. The predicted octanol–water partition coefficient (Wildman–Crippen LogP) is 1.62. The van der Waals surface area contributed by atoms with Crippen molar-refractivity contribution >= 4 is 5.97 Å². The van der Waals surface area contributed by atoms with Crippen molar-refractivity contribution in [2.75, 3.05) is 13.2 Å². The third-order valence-electron chi connectivity index (χ3n) is 1.83. The molecule has 0 saturated carbocycles. The fraction of sp³-hybridized carbons (Fsp3) is 0.364. The van der Waals surface area contributed by atoms with Crippen LogP contribution in [0.1, 0.15) is 12.5 Å². The molecule has 1 aromatic carbocycles. The quantitative estimate of drug-likeness (QED) is 0.780. The van der Waals surface area contributed by atoms with E-state index in [1.807, 2.05) is 0 Å². The highest BCUT2D eigenvalue weighted by Gasteiger charge is 2.03. The SMILES string of the molecule is CCOC(=O)CNCc1cc(F)cc(F)c1. The van der Waals surface area contributed by atoms with Gasteiger partial charge >= 0.3 is 5.97 Å². The predicted molar refractivity (Wildman–Crippen MR) is 54.7 cm³/mol. The number of ether oxygens (including phenoxy) is 1. The highest BCUT2D eigenvalue weighted by atomic mass is 19.1. The van der Waals surface area contributed by atoms with Crippen molar-refractivity contribution in [3.8, 4) is 0 Å². The summed E-state index contributed by atoms with van der Waals surface area (Å²) in [4.78, 5) is 10.9. The Bertz CT molecular complexity index is 349. The van der Waals surface area contributed by atoms with Crippen molar-refractivity contribution in [2.45, 2.75) is 13.5 Å². The maximum absolute atomic E-state index is 12.8. The van der Waals surface area contributed by atoms with Gasteiger partial charge in [0.2, 0.25) is 0 Å². The zero-order valence-electron chi connectivity index (χ0n) is 8.93. The molecule has 1 aromatic rings. The number of halogens is 2. The molecule has 3 nitrogen and oxygen atoms in total. The first-order chi connectivity index (χ1) is 7.61. The maximum Gasteiger partial charge on any atom is 0.319 e. The van der Waals surface area contributed by atoms with Crippen LogP contribution in [0.3, 0.4) is 0 Å². The van der Waals surface area contributed by atoms with Gasteiger partial charge in [-0.1, -0.05) is 0 Å². The van der Waals surface area contributed by atoms with Crippen LogP contribution in [-0.2, 0) is 16.1 Å². The second-order valence-corrected chi connectivity index (χ2v) is 3.19. The van der Waals surface area contributed by atoms with Crippen LogP contribution in [0.25, 0.3) is 0 Å². The molecule has 0 radical (unpaired) electrons. The fourth-order valence-electron chi connectivity index (χ4n) is 1.23. The first kappa shape index (κ1) is 12.6. The van der Waals surface area contributed by atoms with Gasteiger partial charge in [-0.05, 0) is 24.6 Å². The van der Waals surface area contributed by atoms with Gasteiger partial charge in [0.05, 0.1) is 13.2 Å². The average molecular weight is 229 g/mol. The van der Waals surface area contributed by atoms with Crippen LogP contribution >= 0.6 is 0 Å². The Morgan fingerprint density at radius 2 is 1.94 bits per heavy atom. The van der Waals surface area contributed by atoms with Crippen LogP contribution in [0.15, 0.2) is 18.2 Å². The molecular weight excluding hydrogens is 216 g/mol. The van der Waals surface area contributed by atoms with Gasteiger partial charge in [0, 0.05) is 12.6 Å². The summed E-state index contributed by atoms with van der Waals surface area (Å²) in [5.74, 6) is -1.65. The summed E-state index contributed by atoms with van der Waals surface area (Å²) in [5, 5.41) is 2.73. The smallest absolute Gasteiger partial charge is 0.319 e. The van der Waals surface area contributed by atoms with E-state index in [0.717, 1.165) is 6.07 Å². The molecular formula is C11H13F2NO2. The number of carbonyl (C=O) groups is 1. The first-order valence-electron chi connectivity index (χ1n) is 4.93. The van der Waals surface area contributed by atoms with Crippen LogP contribution in [0.4, 0.5) is 8.78 Å².